The van der Waals surface area contributed by atoms with Crippen LogP contribution in [-0.4, -0.2) is 51.3 Å². The van der Waals surface area contributed by atoms with E-state index in [1.807, 2.05) is 7.05 Å². The van der Waals surface area contributed by atoms with Gasteiger partial charge in [-0.3, -0.25) is 9.89 Å². The fourth-order valence-electron chi connectivity index (χ4n) is 2.32. The molecule has 2 rings (SSSR count). The lowest BCUT2D eigenvalue weighted by Crippen LogP contribution is -2.35. The number of rotatable bonds is 4. The fraction of sp³-hybridized carbons (Fsp3) is 0.533. The van der Waals surface area contributed by atoms with Crippen molar-refractivity contribution in [2.75, 3.05) is 40.4 Å². The largest absolute Gasteiger partial charge is 0.379 e. The minimum atomic E-state index is 0. The zero-order valence-electron chi connectivity index (χ0n) is 12.8. The van der Waals surface area contributed by atoms with Gasteiger partial charge < -0.3 is 15.4 Å². The first-order valence-corrected chi connectivity index (χ1v) is 7.08. The minimum absolute atomic E-state index is 0. The van der Waals surface area contributed by atoms with Crippen LogP contribution in [0, 0.1) is 0 Å². The molecule has 1 aliphatic rings. The summed E-state index contributed by atoms with van der Waals surface area (Å²) in [6.07, 6.45) is 0. The standard InChI is InChI=1S/C15H24N4O.HI/c1-16-15(17-2)18-11-13-4-3-5-14(10-13)12-19-6-8-20-9-7-19;/h3-5,10H,6-9,11-12H2,1-2H3,(H2,16,17,18);1H. The Morgan fingerprint density at radius 2 is 2.00 bits per heavy atom. The van der Waals surface area contributed by atoms with Crippen LogP contribution in [0.3, 0.4) is 0 Å². The van der Waals surface area contributed by atoms with Crippen LogP contribution in [-0.2, 0) is 17.8 Å². The molecule has 5 nitrogen and oxygen atoms in total. The van der Waals surface area contributed by atoms with E-state index >= 15 is 0 Å². The van der Waals surface area contributed by atoms with E-state index in [4.69, 9.17) is 4.74 Å². The normalized spacial score (nSPS) is 16.2. The summed E-state index contributed by atoms with van der Waals surface area (Å²) >= 11 is 0. The van der Waals surface area contributed by atoms with Gasteiger partial charge in [-0.15, -0.1) is 24.0 Å². The summed E-state index contributed by atoms with van der Waals surface area (Å²) < 4.78 is 5.38. The highest BCUT2D eigenvalue weighted by Gasteiger charge is 2.10. The maximum Gasteiger partial charge on any atom is 0.190 e. The molecule has 0 radical (unpaired) electrons. The molecule has 2 N–H and O–H groups in total. The van der Waals surface area contributed by atoms with Crippen molar-refractivity contribution in [2.45, 2.75) is 13.1 Å². The van der Waals surface area contributed by atoms with Gasteiger partial charge in [-0.1, -0.05) is 24.3 Å². The van der Waals surface area contributed by atoms with E-state index in [2.05, 4.69) is 44.8 Å². The van der Waals surface area contributed by atoms with Crippen molar-refractivity contribution in [1.82, 2.24) is 15.5 Å². The monoisotopic (exact) mass is 404 g/mol. The third kappa shape index (κ3) is 6.19. The lowest BCUT2D eigenvalue weighted by atomic mass is 10.1. The van der Waals surface area contributed by atoms with Crippen LogP contribution >= 0.6 is 24.0 Å². The van der Waals surface area contributed by atoms with Gasteiger partial charge in [0.2, 0.25) is 0 Å². The molecule has 1 heterocycles. The summed E-state index contributed by atoms with van der Waals surface area (Å²) in [4.78, 5) is 6.54. The second-order valence-electron chi connectivity index (χ2n) is 4.88. The number of guanidine groups is 1. The van der Waals surface area contributed by atoms with Crippen molar-refractivity contribution >= 4 is 29.9 Å². The van der Waals surface area contributed by atoms with E-state index in [9.17, 15) is 0 Å². The van der Waals surface area contributed by atoms with Crippen molar-refractivity contribution < 1.29 is 4.74 Å². The van der Waals surface area contributed by atoms with Gasteiger partial charge in [0.15, 0.2) is 5.96 Å². The number of nitrogens with zero attached hydrogens (tertiary/aromatic N) is 2. The van der Waals surface area contributed by atoms with E-state index in [-0.39, 0.29) is 24.0 Å². The summed E-state index contributed by atoms with van der Waals surface area (Å²) in [5, 5.41) is 6.29. The highest BCUT2D eigenvalue weighted by molar-refractivity contribution is 14.0. The van der Waals surface area contributed by atoms with Crippen molar-refractivity contribution in [2.24, 2.45) is 4.99 Å². The molecule has 21 heavy (non-hydrogen) atoms. The van der Waals surface area contributed by atoms with E-state index in [1.165, 1.54) is 11.1 Å². The summed E-state index contributed by atoms with van der Waals surface area (Å²) in [5.41, 5.74) is 2.62. The average molecular weight is 404 g/mol. The second kappa shape index (κ2) is 9.97. The van der Waals surface area contributed by atoms with Crippen molar-refractivity contribution in [3.05, 3.63) is 35.4 Å². The van der Waals surface area contributed by atoms with Crippen LogP contribution in [0.25, 0.3) is 0 Å². The number of hydrogen-bond donors (Lipinski definition) is 2. The number of hydrogen-bond acceptors (Lipinski definition) is 3. The smallest absolute Gasteiger partial charge is 0.190 e. The van der Waals surface area contributed by atoms with Gasteiger partial charge in [-0.25, -0.2) is 0 Å². The van der Waals surface area contributed by atoms with Gasteiger partial charge in [-0.05, 0) is 11.1 Å². The molecule has 118 valence electrons. The zero-order chi connectivity index (χ0) is 14.2. The average Bonchev–Trinajstić information content (AvgIpc) is 2.50. The Labute approximate surface area is 144 Å². The van der Waals surface area contributed by atoms with E-state index < -0.39 is 0 Å². The van der Waals surface area contributed by atoms with Crippen LogP contribution in [0.4, 0.5) is 0 Å². The Morgan fingerprint density at radius 3 is 2.67 bits per heavy atom. The van der Waals surface area contributed by atoms with E-state index in [0.29, 0.717) is 0 Å². The first-order valence-electron chi connectivity index (χ1n) is 7.08. The lowest BCUT2D eigenvalue weighted by molar-refractivity contribution is 0.0342. The molecular formula is C15H25IN4O. The summed E-state index contributed by atoms with van der Waals surface area (Å²) in [6, 6.07) is 8.70. The number of benzene rings is 1. The molecule has 6 heteroatoms. The highest BCUT2D eigenvalue weighted by atomic mass is 127. The number of halogens is 1. The quantitative estimate of drug-likeness (QED) is 0.453. The molecule has 0 unspecified atom stereocenters. The Morgan fingerprint density at radius 1 is 1.29 bits per heavy atom. The maximum atomic E-state index is 5.38. The molecule has 1 aromatic rings. The van der Waals surface area contributed by atoms with Crippen LogP contribution in [0.15, 0.2) is 29.3 Å². The minimum Gasteiger partial charge on any atom is -0.379 e. The van der Waals surface area contributed by atoms with Gasteiger partial charge in [0.1, 0.15) is 0 Å². The highest BCUT2D eigenvalue weighted by Crippen LogP contribution is 2.09. The topological polar surface area (TPSA) is 48.9 Å². The van der Waals surface area contributed by atoms with Crippen LogP contribution in [0.1, 0.15) is 11.1 Å². The number of nitrogens with one attached hydrogen (secondary N) is 2. The van der Waals surface area contributed by atoms with Gasteiger partial charge in [0, 0.05) is 40.3 Å². The predicted molar refractivity (Wildman–Crippen MR) is 97.2 cm³/mol. The van der Waals surface area contributed by atoms with Crippen LogP contribution < -0.4 is 10.6 Å². The zero-order valence-corrected chi connectivity index (χ0v) is 15.1. The molecule has 0 saturated carbocycles. The van der Waals surface area contributed by atoms with Gasteiger partial charge >= 0.3 is 0 Å². The maximum absolute atomic E-state index is 5.38. The molecule has 0 bridgehead atoms. The molecule has 0 aliphatic carbocycles. The fourth-order valence-corrected chi connectivity index (χ4v) is 2.32. The van der Waals surface area contributed by atoms with Crippen LogP contribution in [0.5, 0.6) is 0 Å². The molecule has 1 saturated heterocycles. The molecule has 1 fully saturated rings. The van der Waals surface area contributed by atoms with Crippen molar-refractivity contribution in [3.8, 4) is 0 Å². The molecule has 0 aromatic heterocycles. The summed E-state index contributed by atoms with van der Waals surface area (Å²) in [6.45, 7) is 5.52. The molecule has 0 spiro atoms. The van der Waals surface area contributed by atoms with Crippen molar-refractivity contribution in [3.63, 3.8) is 0 Å². The Balaban J connectivity index is 0.00000220. The first kappa shape index (κ1) is 18.2. The molecular weight excluding hydrogens is 379 g/mol. The molecule has 1 aliphatic heterocycles. The molecule has 0 atom stereocenters. The van der Waals surface area contributed by atoms with Gasteiger partial charge in [0.25, 0.3) is 0 Å². The Bertz CT molecular complexity index is 447. The summed E-state index contributed by atoms with van der Waals surface area (Å²) in [7, 11) is 3.64. The van der Waals surface area contributed by atoms with Crippen molar-refractivity contribution in [1.29, 1.82) is 0 Å². The Hall–Kier alpha value is -0.860. The second-order valence-corrected chi connectivity index (χ2v) is 4.88. The number of morpholine rings is 1. The number of ether oxygens (including phenoxy) is 1. The SMILES string of the molecule is CN=C(NC)NCc1cccc(CN2CCOCC2)c1.I. The third-order valence-corrected chi connectivity index (χ3v) is 3.42. The first-order chi connectivity index (χ1) is 9.81. The van der Waals surface area contributed by atoms with Gasteiger partial charge in [0.05, 0.1) is 13.2 Å². The third-order valence-electron chi connectivity index (χ3n) is 3.42. The summed E-state index contributed by atoms with van der Waals surface area (Å²) in [5.74, 6) is 0.809. The number of aliphatic imine (C=N–C) groups is 1. The van der Waals surface area contributed by atoms with E-state index in [1.54, 1.807) is 7.05 Å². The van der Waals surface area contributed by atoms with Crippen LogP contribution in [0.2, 0.25) is 0 Å². The molecule has 0 amide bonds. The van der Waals surface area contributed by atoms with Gasteiger partial charge in [-0.2, -0.15) is 0 Å². The van der Waals surface area contributed by atoms with E-state index in [0.717, 1.165) is 45.4 Å². The predicted octanol–water partition coefficient (Wildman–Crippen LogP) is 1.43. The lowest BCUT2D eigenvalue weighted by Gasteiger charge is -2.26. The Kier molecular flexibility index (Phi) is 8.63. The molecule has 1 aromatic carbocycles.